The first-order chi connectivity index (χ1) is 14.5. The van der Waals surface area contributed by atoms with E-state index in [0.717, 1.165) is 10.4 Å². The number of nitrogen functional groups attached to an aromatic ring is 1. The molecule has 8 heteroatoms. The lowest BCUT2D eigenvalue weighted by atomic mass is 10.1. The van der Waals surface area contributed by atoms with Crippen molar-refractivity contribution in [3.63, 3.8) is 0 Å². The molecule has 0 bridgehead atoms. The van der Waals surface area contributed by atoms with Gasteiger partial charge in [-0.05, 0) is 36.8 Å². The van der Waals surface area contributed by atoms with Crippen molar-refractivity contribution in [1.29, 1.82) is 0 Å². The largest absolute Gasteiger partial charge is 0.462 e. The van der Waals surface area contributed by atoms with Crippen LogP contribution in [-0.2, 0) is 9.53 Å². The Morgan fingerprint density at radius 2 is 1.80 bits per heavy atom. The molecule has 0 unspecified atom stereocenters. The number of nitrogens with one attached hydrogen (secondary N) is 2. The quantitative estimate of drug-likeness (QED) is 0.398. The Hall–Kier alpha value is -3.65. The van der Waals surface area contributed by atoms with Crippen molar-refractivity contribution in [3.05, 3.63) is 71.8 Å². The van der Waals surface area contributed by atoms with Gasteiger partial charge in [0.1, 0.15) is 5.00 Å². The number of anilines is 2. The number of benzene rings is 2. The van der Waals surface area contributed by atoms with E-state index in [9.17, 15) is 14.4 Å². The molecule has 0 aliphatic carbocycles. The average Bonchev–Trinajstić information content (AvgIpc) is 3.16. The first-order valence-corrected chi connectivity index (χ1v) is 10.1. The summed E-state index contributed by atoms with van der Waals surface area (Å²) in [6, 6.07) is 17.7. The second-order valence-corrected chi connectivity index (χ2v) is 7.35. The predicted molar refractivity (Wildman–Crippen MR) is 118 cm³/mol. The van der Waals surface area contributed by atoms with E-state index in [1.165, 1.54) is 17.4 Å². The Bertz CT molecular complexity index is 1060. The number of hydrogen-bond acceptors (Lipinski definition) is 6. The molecule has 1 heterocycles. The Labute approximate surface area is 177 Å². The minimum Gasteiger partial charge on any atom is -0.462 e. The average molecular weight is 423 g/mol. The summed E-state index contributed by atoms with van der Waals surface area (Å²) in [5.74, 6) is -1.39. The summed E-state index contributed by atoms with van der Waals surface area (Å²) >= 11 is 1.27. The Morgan fingerprint density at radius 1 is 1.03 bits per heavy atom. The molecular weight excluding hydrogens is 402 g/mol. The van der Waals surface area contributed by atoms with Crippen LogP contribution in [0, 0.1) is 0 Å². The highest BCUT2D eigenvalue weighted by molar-refractivity contribution is 7.20. The van der Waals surface area contributed by atoms with Crippen molar-refractivity contribution in [1.82, 2.24) is 5.32 Å². The topological polar surface area (TPSA) is 111 Å². The van der Waals surface area contributed by atoms with Crippen molar-refractivity contribution in [2.75, 3.05) is 24.2 Å². The highest BCUT2D eigenvalue weighted by atomic mass is 32.1. The molecule has 3 rings (SSSR count). The van der Waals surface area contributed by atoms with Gasteiger partial charge >= 0.3 is 5.97 Å². The maximum atomic E-state index is 12.4. The molecule has 154 valence electrons. The molecule has 0 atom stereocenters. The van der Waals surface area contributed by atoms with E-state index in [2.05, 4.69) is 10.6 Å². The van der Waals surface area contributed by atoms with Crippen LogP contribution in [0.5, 0.6) is 0 Å². The summed E-state index contributed by atoms with van der Waals surface area (Å²) in [5.41, 5.74) is 7.68. The van der Waals surface area contributed by atoms with Crippen LogP contribution in [0.4, 0.5) is 10.7 Å². The fourth-order valence-corrected chi connectivity index (χ4v) is 3.77. The molecule has 0 radical (unpaired) electrons. The van der Waals surface area contributed by atoms with Crippen molar-refractivity contribution in [2.45, 2.75) is 6.92 Å². The Balaban J connectivity index is 1.72. The van der Waals surface area contributed by atoms with Crippen LogP contribution in [0.25, 0.3) is 10.4 Å². The summed E-state index contributed by atoms with van der Waals surface area (Å²) < 4.78 is 5.10. The van der Waals surface area contributed by atoms with E-state index in [4.69, 9.17) is 10.5 Å². The van der Waals surface area contributed by atoms with E-state index in [1.807, 2.05) is 30.3 Å². The highest BCUT2D eigenvalue weighted by Gasteiger charge is 2.20. The third-order valence-electron chi connectivity index (χ3n) is 4.10. The van der Waals surface area contributed by atoms with Gasteiger partial charge < -0.3 is 21.1 Å². The van der Waals surface area contributed by atoms with Crippen molar-refractivity contribution < 1.29 is 19.1 Å². The zero-order valence-corrected chi connectivity index (χ0v) is 17.1. The number of rotatable bonds is 7. The summed E-state index contributed by atoms with van der Waals surface area (Å²) in [4.78, 5) is 37.7. The maximum absolute atomic E-state index is 12.4. The molecule has 0 fully saturated rings. The summed E-state index contributed by atoms with van der Waals surface area (Å²) in [7, 11) is 0. The normalized spacial score (nSPS) is 10.3. The number of thiophene rings is 1. The smallest absolute Gasteiger partial charge is 0.341 e. The van der Waals surface area contributed by atoms with Gasteiger partial charge in [0.05, 0.1) is 18.7 Å². The fraction of sp³-hybridized carbons (Fsp3) is 0.136. The van der Waals surface area contributed by atoms with E-state index in [0.29, 0.717) is 16.3 Å². The van der Waals surface area contributed by atoms with Crippen LogP contribution in [0.15, 0.2) is 60.7 Å². The first-order valence-electron chi connectivity index (χ1n) is 9.28. The fourth-order valence-electron chi connectivity index (χ4n) is 2.70. The van der Waals surface area contributed by atoms with Crippen LogP contribution < -0.4 is 16.4 Å². The van der Waals surface area contributed by atoms with E-state index < -0.39 is 17.8 Å². The molecular formula is C22H21N3O4S. The van der Waals surface area contributed by atoms with Gasteiger partial charge in [0.2, 0.25) is 5.91 Å². The molecule has 2 aromatic carbocycles. The predicted octanol–water partition coefficient (Wildman–Crippen LogP) is 3.54. The van der Waals surface area contributed by atoms with Crippen LogP contribution in [-0.4, -0.2) is 30.9 Å². The number of nitrogens with two attached hydrogens (primary N) is 1. The van der Waals surface area contributed by atoms with Gasteiger partial charge in [-0.25, -0.2) is 4.79 Å². The summed E-state index contributed by atoms with van der Waals surface area (Å²) in [6.45, 7) is 1.68. The third-order valence-corrected chi connectivity index (χ3v) is 5.20. The van der Waals surface area contributed by atoms with Crippen molar-refractivity contribution in [3.8, 4) is 10.4 Å². The second-order valence-electron chi connectivity index (χ2n) is 6.30. The van der Waals surface area contributed by atoms with Gasteiger partial charge in [-0.3, -0.25) is 9.59 Å². The lowest BCUT2D eigenvalue weighted by molar-refractivity contribution is -0.115. The number of carbonyl (C=O) groups is 3. The molecule has 2 amide bonds. The van der Waals surface area contributed by atoms with Crippen molar-refractivity contribution >= 4 is 39.8 Å². The zero-order valence-electron chi connectivity index (χ0n) is 16.3. The lowest BCUT2D eigenvalue weighted by Gasteiger charge is -2.08. The molecule has 1 aromatic heterocycles. The Morgan fingerprint density at radius 3 is 2.50 bits per heavy atom. The SMILES string of the molecule is CCOC(=O)c1cc(-c2ccccc2)sc1NC(=O)CNC(=O)c1cccc(N)c1. The molecule has 3 aromatic rings. The maximum Gasteiger partial charge on any atom is 0.341 e. The summed E-state index contributed by atoms with van der Waals surface area (Å²) in [5, 5.41) is 5.61. The minimum absolute atomic E-state index is 0.221. The third kappa shape index (κ3) is 5.24. The molecule has 7 nitrogen and oxygen atoms in total. The molecule has 0 saturated carbocycles. The van der Waals surface area contributed by atoms with Gasteiger partial charge in [-0.15, -0.1) is 11.3 Å². The molecule has 0 spiro atoms. The van der Waals surface area contributed by atoms with Crippen LogP contribution in [0.3, 0.4) is 0 Å². The molecule has 30 heavy (non-hydrogen) atoms. The van der Waals surface area contributed by atoms with Crippen LogP contribution in [0.1, 0.15) is 27.6 Å². The molecule has 4 N–H and O–H groups in total. The monoisotopic (exact) mass is 423 g/mol. The highest BCUT2D eigenvalue weighted by Crippen LogP contribution is 2.35. The standard InChI is InChI=1S/C22H21N3O4S/c1-2-29-22(28)17-12-18(14-7-4-3-5-8-14)30-21(17)25-19(26)13-24-20(27)15-9-6-10-16(23)11-15/h3-12H,2,13,23H2,1H3,(H,24,27)(H,25,26). The molecule has 0 aliphatic rings. The molecule has 0 saturated heterocycles. The number of amides is 2. The number of esters is 1. The summed E-state index contributed by atoms with van der Waals surface area (Å²) in [6.07, 6.45) is 0. The minimum atomic E-state index is -0.518. The van der Waals surface area contributed by atoms with Gasteiger partial charge in [-0.2, -0.15) is 0 Å². The van der Waals surface area contributed by atoms with Gasteiger partial charge in [-0.1, -0.05) is 36.4 Å². The zero-order chi connectivity index (χ0) is 21.5. The van der Waals surface area contributed by atoms with Crippen LogP contribution >= 0.6 is 11.3 Å². The second kappa shape index (κ2) is 9.71. The lowest BCUT2D eigenvalue weighted by Crippen LogP contribution is -2.33. The van der Waals surface area contributed by atoms with Gasteiger partial charge in [0.15, 0.2) is 0 Å². The van der Waals surface area contributed by atoms with Gasteiger partial charge in [0, 0.05) is 16.1 Å². The van der Waals surface area contributed by atoms with Crippen molar-refractivity contribution in [2.24, 2.45) is 0 Å². The van der Waals surface area contributed by atoms with Gasteiger partial charge in [0.25, 0.3) is 5.91 Å². The first kappa shape index (κ1) is 21.1. The van der Waals surface area contributed by atoms with E-state index >= 15 is 0 Å². The molecule has 0 aliphatic heterocycles. The Kier molecular flexibility index (Phi) is 6.82. The van der Waals surface area contributed by atoms with E-state index in [1.54, 1.807) is 31.2 Å². The number of carbonyl (C=O) groups excluding carboxylic acids is 3. The number of hydrogen-bond donors (Lipinski definition) is 3. The van der Waals surface area contributed by atoms with Crippen LogP contribution in [0.2, 0.25) is 0 Å². The van der Waals surface area contributed by atoms with E-state index in [-0.39, 0.29) is 18.7 Å². The number of ether oxygens (including phenoxy) is 1.